The molecule has 0 bridgehead atoms. The molecular formula is C11H14N2O4. The maximum atomic E-state index is 10.6. The van der Waals surface area contributed by atoms with Crippen LogP contribution in [0.3, 0.4) is 0 Å². The van der Waals surface area contributed by atoms with Gasteiger partial charge in [-0.25, -0.2) is 0 Å². The summed E-state index contributed by atoms with van der Waals surface area (Å²) in [6, 6.07) is 3.61. The number of hydrogen-bond acceptors (Lipinski definition) is 4. The summed E-state index contributed by atoms with van der Waals surface area (Å²) < 4.78 is 0. The highest BCUT2D eigenvalue weighted by Gasteiger charge is 2.13. The summed E-state index contributed by atoms with van der Waals surface area (Å²) >= 11 is 0. The summed E-state index contributed by atoms with van der Waals surface area (Å²) in [7, 11) is 0. The normalized spacial score (nSPS) is 10.5. The fraction of sp³-hybridized carbons (Fsp3) is 0.364. The van der Waals surface area contributed by atoms with Gasteiger partial charge in [-0.1, -0.05) is 6.07 Å². The molecule has 0 amide bonds. The lowest BCUT2D eigenvalue weighted by atomic mass is 10.2. The average Bonchev–Trinajstić information content (AvgIpc) is 2.19. The summed E-state index contributed by atoms with van der Waals surface area (Å²) in [5, 5.41) is 17.3. The third-order valence-electron chi connectivity index (χ3n) is 2.10. The van der Waals surface area contributed by atoms with E-state index in [0.717, 1.165) is 11.3 Å². The first-order valence-corrected chi connectivity index (χ1v) is 5.05. The van der Waals surface area contributed by atoms with Crippen molar-refractivity contribution < 1.29 is 19.8 Å². The third-order valence-corrected chi connectivity index (χ3v) is 2.10. The molecule has 0 aliphatic carbocycles. The highest BCUT2D eigenvalue weighted by Crippen LogP contribution is 2.04. The molecule has 1 rings (SSSR count). The predicted molar refractivity (Wildman–Crippen MR) is 59.5 cm³/mol. The Balaban J connectivity index is 2.67. The van der Waals surface area contributed by atoms with Crippen LogP contribution in [0.5, 0.6) is 0 Å². The quantitative estimate of drug-likeness (QED) is 0.743. The van der Waals surface area contributed by atoms with Gasteiger partial charge in [0.15, 0.2) is 0 Å². The molecule has 0 unspecified atom stereocenters. The number of aromatic nitrogens is 1. The van der Waals surface area contributed by atoms with Gasteiger partial charge in [0.25, 0.3) is 0 Å². The van der Waals surface area contributed by atoms with Crippen LogP contribution in [0.25, 0.3) is 0 Å². The van der Waals surface area contributed by atoms with Gasteiger partial charge in [-0.15, -0.1) is 0 Å². The van der Waals surface area contributed by atoms with Crippen LogP contribution in [0.1, 0.15) is 11.3 Å². The number of aliphatic carboxylic acids is 2. The van der Waals surface area contributed by atoms with Crippen LogP contribution < -0.4 is 0 Å². The van der Waals surface area contributed by atoms with Gasteiger partial charge in [0.1, 0.15) is 0 Å². The number of aryl methyl sites for hydroxylation is 1. The van der Waals surface area contributed by atoms with E-state index in [1.165, 1.54) is 4.90 Å². The van der Waals surface area contributed by atoms with Crippen LogP contribution >= 0.6 is 0 Å². The Morgan fingerprint density at radius 3 is 2.24 bits per heavy atom. The van der Waals surface area contributed by atoms with Crippen molar-refractivity contribution in [3.05, 3.63) is 29.6 Å². The Hall–Kier alpha value is -1.95. The number of carbonyl (C=O) groups is 2. The number of hydrogen-bond donors (Lipinski definition) is 2. The first-order valence-electron chi connectivity index (χ1n) is 5.05. The second kappa shape index (κ2) is 5.95. The number of pyridine rings is 1. The molecule has 1 aromatic rings. The van der Waals surface area contributed by atoms with Crippen LogP contribution in [0.4, 0.5) is 0 Å². The zero-order valence-corrected chi connectivity index (χ0v) is 9.46. The molecule has 0 aliphatic rings. The topological polar surface area (TPSA) is 90.7 Å². The average molecular weight is 238 g/mol. The molecule has 0 saturated heterocycles. The summed E-state index contributed by atoms with van der Waals surface area (Å²) in [5.41, 5.74) is 1.65. The molecule has 0 fully saturated rings. The Labute approximate surface area is 98.5 Å². The van der Waals surface area contributed by atoms with E-state index in [1.54, 1.807) is 18.3 Å². The van der Waals surface area contributed by atoms with Gasteiger partial charge in [-0.3, -0.25) is 19.5 Å². The lowest BCUT2D eigenvalue weighted by molar-refractivity contribution is -0.142. The largest absolute Gasteiger partial charge is 0.480 e. The molecule has 0 aromatic carbocycles. The van der Waals surface area contributed by atoms with E-state index in [4.69, 9.17) is 10.2 Å². The van der Waals surface area contributed by atoms with Crippen LogP contribution in [0.2, 0.25) is 0 Å². The molecule has 1 heterocycles. The second-order valence-electron chi connectivity index (χ2n) is 3.74. The maximum Gasteiger partial charge on any atom is 0.317 e. The van der Waals surface area contributed by atoms with Crippen molar-refractivity contribution in [2.75, 3.05) is 13.1 Å². The first kappa shape index (κ1) is 13.1. The predicted octanol–water partition coefficient (Wildman–Crippen LogP) is 0.361. The zero-order valence-electron chi connectivity index (χ0n) is 9.46. The van der Waals surface area contributed by atoms with Crippen molar-refractivity contribution in [1.29, 1.82) is 0 Å². The van der Waals surface area contributed by atoms with E-state index in [1.807, 2.05) is 6.92 Å². The molecule has 0 atom stereocenters. The molecule has 0 spiro atoms. The number of rotatable bonds is 6. The number of nitrogens with zero attached hydrogens (tertiary/aromatic N) is 2. The van der Waals surface area contributed by atoms with Crippen LogP contribution in [-0.4, -0.2) is 45.1 Å². The summed E-state index contributed by atoms with van der Waals surface area (Å²) in [6.45, 7) is 1.49. The number of carboxylic acids is 2. The van der Waals surface area contributed by atoms with E-state index in [-0.39, 0.29) is 19.6 Å². The van der Waals surface area contributed by atoms with Gasteiger partial charge >= 0.3 is 11.9 Å². The fourth-order valence-corrected chi connectivity index (χ4v) is 1.40. The minimum absolute atomic E-state index is 0.256. The van der Waals surface area contributed by atoms with Gasteiger partial charge in [-0.05, 0) is 18.6 Å². The van der Waals surface area contributed by atoms with Crippen LogP contribution in [-0.2, 0) is 16.1 Å². The van der Waals surface area contributed by atoms with Gasteiger partial charge in [0.05, 0.1) is 13.1 Å². The first-order chi connectivity index (χ1) is 7.97. The van der Waals surface area contributed by atoms with Crippen LogP contribution in [0, 0.1) is 6.92 Å². The molecule has 2 N–H and O–H groups in total. The molecule has 0 saturated carbocycles. The number of carboxylic acid groups (broad SMARTS) is 2. The van der Waals surface area contributed by atoms with Crippen molar-refractivity contribution in [3.8, 4) is 0 Å². The second-order valence-corrected chi connectivity index (χ2v) is 3.74. The van der Waals surface area contributed by atoms with E-state index in [9.17, 15) is 9.59 Å². The monoisotopic (exact) mass is 238 g/mol. The van der Waals surface area contributed by atoms with Gasteiger partial charge in [0, 0.05) is 18.4 Å². The van der Waals surface area contributed by atoms with E-state index >= 15 is 0 Å². The van der Waals surface area contributed by atoms with E-state index < -0.39 is 11.9 Å². The molecule has 0 aliphatic heterocycles. The maximum absolute atomic E-state index is 10.6. The Morgan fingerprint density at radius 1 is 1.24 bits per heavy atom. The van der Waals surface area contributed by atoms with E-state index in [0.29, 0.717) is 0 Å². The molecular weight excluding hydrogens is 224 g/mol. The van der Waals surface area contributed by atoms with E-state index in [2.05, 4.69) is 4.98 Å². The minimum Gasteiger partial charge on any atom is -0.480 e. The summed E-state index contributed by atoms with van der Waals surface area (Å²) in [5.74, 6) is -2.10. The molecule has 1 aromatic heterocycles. The summed E-state index contributed by atoms with van der Waals surface area (Å²) in [4.78, 5) is 26.6. The highest BCUT2D eigenvalue weighted by molar-refractivity contribution is 5.72. The molecule has 0 radical (unpaired) electrons. The third kappa shape index (κ3) is 5.07. The highest BCUT2D eigenvalue weighted by atomic mass is 16.4. The standard InChI is InChI=1S/C11H14N2O4/c1-8-2-3-9(4-12-8)5-13(6-10(14)15)7-11(16)17/h2-4H,5-7H2,1H3,(H,14,15)(H,16,17). The Morgan fingerprint density at radius 2 is 1.82 bits per heavy atom. The van der Waals surface area contributed by atoms with Crippen molar-refractivity contribution >= 4 is 11.9 Å². The van der Waals surface area contributed by atoms with Crippen molar-refractivity contribution in [2.24, 2.45) is 0 Å². The fourth-order valence-electron chi connectivity index (χ4n) is 1.40. The van der Waals surface area contributed by atoms with Crippen molar-refractivity contribution in [2.45, 2.75) is 13.5 Å². The van der Waals surface area contributed by atoms with Gasteiger partial charge < -0.3 is 10.2 Å². The molecule has 92 valence electrons. The molecule has 6 nitrogen and oxygen atoms in total. The van der Waals surface area contributed by atoms with Crippen molar-refractivity contribution in [3.63, 3.8) is 0 Å². The summed E-state index contributed by atoms with van der Waals surface area (Å²) in [6.07, 6.45) is 1.62. The lowest BCUT2D eigenvalue weighted by Crippen LogP contribution is -2.34. The lowest BCUT2D eigenvalue weighted by Gasteiger charge is -2.17. The minimum atomic E-state index is -1.05. The molecule has 6 heteroatoms. The SMILES string of the molecule is Cc1ccc(CN(CC(=O)O)CC(=O)O)cn1. The Kier molecular flexibility index (Phi) is 4.59. The van der Waals surface area contributed by atoms with Gasteiger partial charge in [-0.2, -0.15) is 0 Å². The van der Waals surface area contributed by atoms with Gasteiger partial charge in [0.2, 0.25) is 0 Å². The van der Waals surface area contributed by atoms with Crippen LogP contribution in [0.15, 0.2) is 18.3 Å². The Bertz CT molecular complexity index is 386. The smallest absolute Gasteiger partial charge is 0.317 e. The van der Waals surface area contributed by atoms with Crippen molar-refractivity contribution in [1.82, 2.24) is 9.88 Å². The molecule has 17 heavy (non-hydrogen) atoms. The zero-order chi connectivity index (χ0) is 12.8.